The molecule has 0 amide bonds. The third kappa shape index (κ3) is 3.20. The SMILES string of the molecule is CC(O)c1ccccc1NC1CCC(O)CC1. The lowest BCUT2D eigenvalue weighted by Gasteiger charge is -2.28. The van der Waals surface area contributed by atoms with Crippen LogP contribution in [-0.2, 0) is 0 Å². The molecular formula is C14H21NO2. The molecule has 1 saturated carbocycles. The summed E-state index contributed by atoms with van der Waals surface area (Å²) in [7, 11) is 0. The predicted octanol–water partition coefficient (Wildman–Crippen LogP) is 2.46. The monoisotopic (exact) mass is 235 g/mol. The lowest BCUT2D eigenvalue weighted by atomic mass is 9.92. The number of benzene rings is 1. The third-order valence-electron chi connectivity index (χ3n) is 3.47. The summed E-state index contributed by atoms with van der Waals surface area (Å²) in [6, 6.07) is 8.29. The van der Waals surface area contributed by atoms with Crippen molar-refractivity contribution in [3.8, 4) is 0 Å². The minimum atomic E-state index is -0.451. The number of aliphatic hydroxyl groups excluding tert-OH is 2. The van der Waals surface area contributed by atoms with Gasteiger partial charge in [0.25, 0.3) is 0 Å². The van der Waals surface area contributed by atoms with Crippen molar-refractivity contribution in [1.29, 1.82) is 0 Å². The van der Waals surface area contributed by atoms with Gasteiger partial charge in [0.1, 0.15) is 0 Å². The summed E-state index contributed by atoms with van der Waals surface area (Å²) in [5.74, 6) is 0. The van der Waals surface area contributed by atoms with Crippen molar-refractivity contribution in [3.63, 3.8) is 0 Å². The van der Waals surface area contributed by atoms with Crippen molar-refractivity contribution >= 4 is 5.69 Å². The van der Waals surface area contributed by atoms with E-state index in [2.05, 4.69) is 5.32 Å². The molecule has 1 aliphatic carbocycles. The number of anilines is 1. The summed E-state index contributed by atoms with van der Waals surface area (Å²) in [6.45, 7) is 1.78. The lowest BCUT2D eigenvalue weighted by molar-refractivity contribution is 0.126. The molecule has 3 N–H and O–H groups in total. The zero-order valence-electron chi connectivity index (χ0n) is 10.3. The molecule has 2 rings (SSSR count). The second-order valence-electron chi connectivity index (χ2n) is 4.91. The van der Waals surface area contributed by atoms with Crippen molar-refractivity contribution in [2.75, 3.05) is 5.32 Å². The molecule has 0 aromatic heterocycles. The van der Waals surface area contributed by atoms with E-state index >= 15 is 0 Å². The van der Waals surface area contributed by atoms with Crippen molar-refractivity contribution in [3.05, 3.63) is 29.8 Å². The highest BCUT2D eigenvalue weighted by Gasteiger charge is 2.20. The van der Waals surface area contributed by atoms with Gasteiger partial charge in [-0.05, 0) is 38.7 Å². The Kier molecular flexibility index (Phi) is 4.02. The maximum Gasteiger partial charge on any atom is 0.0781 e. The van der Waals surface area contributed by atoms with E-state index in [4.69, 9.17) is 0 Å². The molecule has 3 heteroatoms. The van der Waals surface area contributed by atoms with E-state index in [1.165, 1.54) is 0 Å². The number of rotatable bonds is 3. The average Bonchev–Trinajstić information content (AvgIpc) is 2.32. The van der Waals surface area contributed by atoms with E-state index in [0.717, 1.165) is 36.9 Å². The molecule has 0 spiro atoms. The molecule has 0 aliphatic heterocycles. The first-order chi connectivity index (χ1) is 8.16. The Morgan fingerprint density at radius 2 is 1.82 bits per heavy atom. The molecule has 1 unspecified atom stereocenters. The second kappa shape index (κ2) is 5.52. The highest BCUT2D eigenvalue weighted by Crippen LogP contribution is 2.27. The van der Waals surface area contributed by atoms with Crippen molar-refractivity contribution in [1.82, 2.24) is 0 Å². The molecule has 94 valence electrons. The molecule has 1 atom stereocenters. The zero-order valence-corrected chi connectivity index (χ0v) is 10.3. The normalized spacial score (nSPS) is 26.5. The first-order valence-electron chi connectivity index (χ1n) is 6.38. The van der Waals surface area contributed by atoms with E-state index in [1.54, 1.807) is 6.92 Å². The van der Waals surface area contributed by atoms with Crippen LogP contribution in [0.5, 0.6) is 0 Å². The van der Waals surface area contributed by atoms with Crippen LogP contribution in [0.1, 0.15) is 44.3 Å². The van der Waals surface area contributed by atoms with Crippen molar-refractivity contribution in [2.45, 2.75) is 50.9 Å². The van der Waals surface area contributed by atoms with E-state index in [1.807, 2.05) is 24.3 Å². The van der Waals surface area contributed by atoms with Crippen LogP contribution in [0, 0.1) is 0 Å². The quantitative estimate of drug-likeness (QED) is 0.754. The van der Waals surface area contributed by atoms with Crippen LogP contribution >= 0.6 is 0 Å². The Morgan fingerprint density at radius 3 is 2.47 bits per heavy atom. The molecule has 3 nitrogen and oxygen atoms in total. The minimum absolute atomic E-state index is 0.125. The van der Waals surface area contributed by atoms with Crippen molar-refractivity contribution in [2.24, 2.45) is 0 Å². The maximum atomic E-state index is 9.70. The topological polar surface area (TPSA) is 52.5 Å². The van der Waals surface area contributed by atoms with Gasteiger partial charge < -0.3 is 15.5 Å². The summed E-state index contributed by atoms with van der Waals surface area (Å²) >= 11 is 0. The van der Waals surface area contributed by atoms with Crippen LogP contribution < -0.4 is 5.32 Å². The van der Waals surface area contributed by atoms with Gasteiger partial charge >= 0.3 is 0 Å². The molecule has 0 bridgehead atoms. The van der Waals surface area contributed by atoms with Gasteiger partial charge in [-0.25, -0.2) is 0 Å². The summed E-state index contributed by atoms with van der Waals surface area (Å²) in [6.07, 6.45) is 3.15. The maximum absolute atomic E-state index is 9.70. The van der Waals surface area contributed by atoms with Gasteiger partial charge in [0.05, 0.1) is 12.2 Å². The van der Waals surface area contributed by atoms with Gasteiger partial charge in [0, 0.05) is 17.3 Å². The fraction of sp³-hybridized carbons (Fsp3) is 0.571. The molecule has 1 aromatic carbocycles. The Balaban J connectivity index is 2.03. The van der Waals surface area contributed by atoms with Crippen LogP contribution in [0.3, 0.4) is 0 Å². The van der Waals surface area contributed by atoms with Gasteiger partial charge in [0.2, 0.25) is 0 Å². The Morgan fingerprint density at radius 1 is 1.18 bits per heavy atom. The lowest BCUT2D eigenvalue weighted by Crippen LogP contribution is -2.28. The predicted molar refractivity (Wildman–Crippen MR) is 69.0 cm³/mol. The van der Waals surface area contributed by atoms with Gasteiger partial charge in [-0.3, -0.25) is 0 Å². The average molecular weight is 235 g/mol. The highest BCUT2D eigenvalue weighted by molar-refractivity contribution is 5.52. The second-order valence-corrected chi connectivity index (χ2v) is 4.91. The first-order valence-corrected chi connectivity index (χ1v) is 6.38. The van der Waals surface area contributed by atoms with Crippen LogP contribution in [0.15, 0.2) is 24.3 Å². The Bertz CT molecular complexity index is 357. The Labute approximate surface area is 102 Å². The van der Waals surface area contributed by atoms with E-state index in [0.29, 0.717) is 6.04 Å². The van der Waals surface area contributed by atoms with Crippen LogP contribution in [0.2, 0.25) is 0 Å². The van der Waals surface area contributed by atoms with E-state index < -0.39 is 6.10 Å². The van der Waals surface area contributed by atoms with E-state index in [9.17, 15) is 10.2 Å². The fourth-order valence-electron chi connectivity index (χ4n) is 2.43. The molecule has 1 aromatic rings. The molecule has 1 aliphatic rings. The first kappa shape index (κ1) is 12.4. The van der Waals surface area contributed by atoms with Gasteiger partial charge in [-0.1, -0.05) is 18.2 Å². The van der Waals surface area contributed by atoms with Gasteiger partial charge in [-0.15, -0.1) is 0 Å². The van der Waals surface area contributed by atoms with Crippen LogP contribution in [0.4, 0.5) is 5.69 Å². The van der Waals surface area contributed by atoms with Gasteiger partial charge in [-0.2, -0.15) is 0 Å². The number of aliphatic hydroxyl groups is 2. The molecule has 0 heterocycles. The summed E-state index contributed by atoms with van der Waals surface area (Å²) in [4.78, 5) is 0. The number of para-hydroxylation sites is 1. The number of nitrogens with one attached hydrogen (secondary N) is 1. The third-order valence-corrected chi connectivity index (χ3v) is 3.47. The smallest absolute Gasteiger partial charge is 0.0781 e. The summed E-state index contributed by atoms with van der Waals surface area (Å²) in [5, 5.41) is 22.6. The zero-order chi connectivity index (χ0) is 12.3. The summed E-state index contributed by atoms with van der Waals surface area (Å²) in [5.41, 5.74) is 1.96. The number of hydrogen-bond donors (Lipinski definition) is 3. The fourth-order valence-corrected chi connectivity index (χ4v) is 2.43. The van der Waals surface area contributed by atoms with Crippen LogP contribution in [-0.4, -0.2) is 22.4 Å². The molecule has 0 radical (unpaired) electrons. The van der Waals surface area contributed by atoms with E-state index in [-0.39, 0.29) is 6.10 Å². The highest BCUT2D eigenvalue weighted by atomic mass is 16.3. The van der Waals surface area contributed by atoms with Gasteiger partial charge in [0.15, 0.2) is 0 Å². The Hall–Kier alpha value is -1.06. The standard InChI is InChI=1S/C14H21NO2/c1-10(16)13-4-2-3-5-14(13)15-11-6-8-12(17)9-7-11/h2-5,10-12,15-17H,6-9H2,1H3. The minimum Gasteiger partial charge on any atom is -0.393 e. The van der Waals surface area contributed by atoms with Crippen molar-refractivity contribution < 1.29 is 10.2 Å². The molecular weight excluding hydrogens is 214 g/mol. The number of hydrogen-bond acceptors (Lipinski definition) is 3. The summed E-state index contributed by atoms with van der Waals surface area (Å²) < 4.78 is 0. The largest absolute Gasteiger partial charge is 0.393 e. The molecule has 1 fully saturated rings. The molecule has 0 saturated heterocycles. The molecule has 17 heavy (non-hydrogen) atoms. The van der Waals surface area contributed by atoms with Crippen LogP contribution in [0.25, 0.3) is 0 Å².